The molecule has 1 aromatic carbocycles. The number of thiazole rings is 1. The van der Waals surface area contributed by atoms with Crippen LogP contribution in [0, 0.1) is 13.8 Å². The summed E-state index contributed by atoms with van der Waals surface area (Å²) in [5.41, 5.74) is 4.20. The molecule has 7 heteroatoms. The number of quaternary nitrogens is 1. The number of rotatable bonds is 7. The van der Waals surface area contributed by atoms with Gasteiger partial charge in [-0.25, -0.2) is 4.98 Å². The molecule has 0 atom stereocenters. The molecule has 138 valence electrons. The summed E-state index contributed by atoms with van der Waals surface area (Å²) < 4.78 is 0.942. The molecule has 1 aromatic heterocycles. The minimum atomic E-state index is 0. The van der Waals surface area contributed by atoms with Gasteiger partial charge >= 0.3 is 0 Å². The lowest BCUT2D eigenvalue weighted by Crippen LogP contribution is -3.00. The molecule has 2 aromatic rings. The zero-order chi connectivity index (χ0) is 17.7. The highest BCUT2D eigenvalue weighted by atomic mass is 79.9. The lowest BCUT2D eigenvalue weighted by molar-refractivity contribution is -0.868. The van der Waals surface area contributed by atoms with Gasteiger partial charge in [-0.1, -0.05) is 12.1 Å². The van der Waals surface area contributed by atoms with E-state index in [4.69, 9.17) is 0 Å². The highest BCUT2D eigenvalue weighted by Gasteiger charge is 2.15. The summed E-state index contributed by atoms with van der Waals surface area (Å²) in [6.07, 6.45) is 0. The second-order valence-electron chi connectivity index (χ2n) is 7.01. The molecule has 1 heterocycles. The smallest absolute Gasteiger partial charge is 0.230 e. The SMILES string of the molecule is CCN(CC[N+](C)(C)C)c1cccc(C)c1/N=N/c1nc(C)cs1.[Br-]. The van der Waals surface area contributed by atoms with Gasteiger partial charge in [-0.3, -0.25) is 0 Å². The summed E-state index contributed by atoms with van der Waals surface area (Å²) in [6, 6.07) is 6.30. The molecule has 0 aliphatic heterocycles. The first-order valence-corrected chi connectivity index (χ1v) is 9.17. The normalized spacial score (nSPS) is 11.6. The van der Waals surface area contributed by atoms with Crippen LogP contribution in [0.5, 0.6) is 0 Å². The number of halogens is 1. The number of benzene rings is 1. The van der Waals surface area contributed by atoms with Crippen LogP contribution >= 0.6 is 11.3 Å². The standard InChI is InChI=1S/C18H28N5S.BrH/c1-7-22(11-12-23(4,5)6)16-10-8-9-14(2)17(16)20-21-18-19-15(3)13-24-18;/h8-10,13H,7,11-12H2,1-6H3;1H/q+1;/p-1/b21-20+;. The summed E-state index contributed by atoms with van der Waals surface area (Å²) in [4.78, 5) is 6.73. The molecular weight excluding hydrogens is 398 g/mol. The largest absolute Gasteiger partial charge is 1.00 e. The Bertz CT molecular complexity index is 706. The number of aryl methyl sites for hydroxylation is 2. The van der Waals surface area contributed by atoms with E-state index in [9.17, 15) is 0 Å². The Balaban J connectivity index is 0.00000312. The van der Waals surface area contributed by atoms with Gasteiger partial charge in [0.1, 0.15) is 5.69 Å². The van der Waals surface area contributed by atoms with Crippen LogP contribution in [0.25, 0.3) is 0 Å². The Morgan fingerprint density at radius 2 is 1.88 bits per heavy atom. The quantitative estimate of drug-likeness (QED) is 0.500. The van der Waals surface area contributed by atoms with Crippen LogP contribution in [0.1, 0.15) is 18.2 Å². The maximum absolute atomic E-state index is 4.53. The van der Waals surface area contributed by atoms with E-state index in [1.165, 1.54) is 11.3 Å². The van der Waals surface area contributed by atoms with Crippen molar-refractivity contribution >= 4 is 27.8 Å². The summed E-state index contributed by atoms with van der Waals surface area (Å²) in [6.45, 7) is 9.24. The van der Waals surface area contributed by atoms with E-state index in [1.54, 1.807) is 0 Å². The van der Waals surface area contributed by atoms with Crippen molar-refractivity contribution in [2.75, 3.05) is 45.7 Å². The first kappa shape index (κ1) is 21.7. The second kappa shape index (κ2) is 9.40. The van der Waals surface area contributed by atoms with Crippen molar-refractivity contribution in [3.8, 4) is 0 Å². The summed E-state index contributed by atoms with van der Waals surface area (Å²) >= 11 is 1.52. The fourth-order valence-corrected chi connectivity index (χ4v) is 2.99. The van der Waals surface area contributed by atoms with Crippen LogP contribution in [0.3, 0.4) is 0 Å². The van der Waals surface area contributed by atoms with Crippen LogP contribution in [-0.2, 0) is 0 Å². The van der Waals surface area contributed by atoms with Gasteiger partial charge in [0, 0.05) is 11.9 Å². The molecule has 2 rings (SSSR count). The van der Waals surface area contributed by atoms with Gasteiger partial charge in [0.25, 0.3) is 0 Å². The molecule has 0 fully saturated rings. The lowest BCUT2D eigenvalue weighted by atomic mass is 10.1. The Kier molecular flexibility index (Phi) is 8.18. The van der Waals surface area contributed by atoms with Gasteiger partial charge in [0.05, 0.1) is 45.6 Å². The van der Waals surface area contributed by atoms with Gasteiger partial charge in [0.15, 0.2) is 0 Å². The number of nitrogens with zero attached hydrogens (tertiary/aromatic N) is 5. The van der Waals surface area contributed by atoms with E-state index in [1.807, 2.05) is 12.3 Å². The Hall–Kier alpha value is -1.31. The average Bonchev–Trinajstić information content (AvgIpc) is 2.91. The minimum Gasteiger partial charge on any atom is -1.00 e. The summed E-state index contributed by atoms with van der Waals surface area (Å²) in [7, 11) is 6.65. The highest BCUT2D eigenvalue weighted by Crippen LogP contribution is 2.34. The third-order valence-electron chi connectivity index (χ3n) is 3.82. The average molecular weight is 426 g/mol. The molecule has 0 unspecified atom stereocenters. The fourth-order valence-electron chi connectivity index (χ4n) is 2.38. The van der Waals surface area contributed by atoms with Crippen molar-refractivity contribution in [2.24, 2.45) is 10.2 Å². The second-order valence-corrected chi connectivity index (χ2v) is 7.84. The molecule has 0 bridgehead atoms. The molecule has 0 radical (unpaired) electrons. The topological polar surface area (TPSA) is 40.9 Å². The van der Waals surface area contributed by atoms with Gasteiger partial charge in [0.2, 0.25) is 5.13 Å². The molecule has 0 N–H and O–H groups in total. The van der Waals surface area contributed by atoms with Crippen molar-refractivity contribution < 1.29 is 21.5 Å². The number of aromatic nitrogens is 1. The lowest BCUT2D eigenvalue weighted by Gasteiger charge is -2.30. The van der Waals surface area contributed by atoms with Gasteiger partial charge < -0.3 is 26.4 Å². The van der Waals surface area contributed by atoms with E-state index < -0.39 is 0 Å². The molecular formula is C18H28BrN5S. The zero-order valence-electron chi connectivity index (χ0n) is 16.0. The molecule has 5 nitrogen and oxygen atoms in total. The monoisotopic (exact) mass is 425 g/mol. The van der Waals surface area contributed by atoms with E-state index in [2.05, 4.69) is 73.3 Å². The maximum Gasteiger partial charge on any atom is 0.230 e. The molecule has 0 saturated carbocycles. The number of anilines is 1. The maximum atomic E-state index is 4.53. The predicted molar refractivity (Wildman–Crippen MR) is 103 cm³/mol. The summed E-state index contributed by atoms with van der Waals surface area (Å²) in [5.74, 6) is 0. The van der Waals surface area contributed by atoms with E-state index in [0.717, 1.165) is 46.7 Å². The van der Waals surface area contributed by atoms with Crippen LogP contribution in [0.15, 0.2) is 33.8 Å². The Labute approximate surface area is 165 Å². The summed E-state index contributed by atoms with van der Waals surface area (Å²) in [5, 5.41) is 11.6. The van der Waals surface area contributed by atoms with Crippen molar-refractivity contribution in [1.29, 1.82) is 0 Å². The fraction of sp³-hybridized carbons (Fsp3) is 0.500. The number of hydrogen-bond acceptors (Lipinski definition) is 5. The molecule has 0 saturated heterocycles. The van der Waals surface area contributed by atoms with Crippen molar-refractivity contribution in [3.63, 3.8) is 0 Å². The predicted octanol–water partition coefficient (Wildman–Crippen LogP) is 1.71. The van der Waals surface area contributed by atoms with Crippen LogP contribution < -0.4 is 21.9 Å². The van der Waals surface area contributed by atoms with Crippen LogP contribution in [-0.4, -0.2) is 50.2 Å². The highest BCUT2D eigenvalue weighted by molar-refractivity contribution is 7.13. The third kappa shape index (κ3) is 6.49. The van der Waals surface area contributed by atoms with Crippen molar-refractivity contribution in [3.05, 3.63) is 34.8 Å². The molecule has 0 aliphatic carbocycles. The zero-order valence-corrected chi connectivity index (χ0v) is 18.4. The minimum absolute atomic E-state index is 0. The molecule has 0 aliphatic rings. The first-order valence-electron chi connectivity index (χ1n) is 8.29. The van der Waals surface area contributed by atoms with Gasteiger partial charge in [-0.05, 0) is 32.4 Å². The first-order chi connectivity index (χ1) is 11.3. The number of likely N-dealkylation sites (N-methyl/N-ethyl adjacent to an activating group) is 2. The number of azo groups is 1. The van der Waals surface area contributed by atoms with Gasteiger partial charge in [-0.15, -0.1) is 21.6 Å². The van der Waals surface area contributed by atoms with E-state index >= 15 is 0 Å². The number of hydrogen-bond donors (Lipinski definition) is 0. The van der Waals surface area contributed by atoms with Crippen molar-refractivity contribution in [2.45, 2.75) is 20.8 Å². The van der Waals surface area contributed by atoms with Crippen LogP contribution in [0.2, 0.25) is 0 Å². The van der Waals surface area contributed by atoms with Crippen molar-refractivity contribution in [1.82, 2.24) is 4.98 Å². The van der Waals surface area contributed by atoms with E-state index in [0.29, 0.717) is 5.13 Å². The molecule has 0 spiro atoms. The Morgan fingerprint density at radius 3 is 2.44 bits per heavy atom. The van der Waals surface area contributed by atoms with Crippen LogP contribution in [0.4, 0.5) is 16.5 Å². The molecule has 25 heavy (non-hydrogen) atoms. The third-order valence-corrected chi connectivity index (χ3v) is 4.66. The Morgan fingerprint density at radius 1 is 1.16 bits per heavy atom. The molecule has 0 amide bonds. The van der Waals surface area contributed by atoms with E-state index in [-0.39, 0.29) is 17.0 Å². The van der Waals surface area contributed by atoms with Gasteiger partial charge in [-0.2, -0.15) is 0 Å².